The van der Waals surface area contributed by atoms with Crippen molar-refractivity contribution in [3.8, 4) is 17.2 Å². The van der Waals surface area contributed by atoms with Crippen molar-refractivity contribution in [1.29, 1.82) is 0 Å². The Hall–Kier alpha value is -3.22. The third kappa shape index (κ3) is 6.93. The lowest BCUT2D eigenvalue weighted by Crippen LogP contribution is -2.39. The number of aryl methyl sites for hydroxylation is 1. The van der Waals surface area contributed by atoms with Crippen LogP contribution in [0.15, 0.2) is 66.7 Å². The Labute approximate surface area is 219 Å². The summed E-state index contributed by atoms with van der Waals surface area (Å²) in [6, 6.07) is 22.7. The van der Waals surface area contributed by atoms with Crippen molar-refractivity contribution in [2.75, 3.05) is 33.9 Å². The van der Waals surface area contributed by atoms with Crippen molar-refractivity contribution in [1.82, 2.24) is 4.90 Å². The molecule has 1 atom stereocenters. The predicted octanol–water partition coefficient (Wildman–Crippen LogP) is 5.36. The standard InChI is InChI=1S/C29H33NO5.ClH/c1-33-27-19-23-14-15-30(16-17-35-24-11-8-21(9-12-24)10-13-29(31)32)26(25(23)20-28(27)34-2)18-22-6-4-3-5-7-22;/h3-9,11-12,19-20,26H,10,13-18H2,1-2H3,(H,31,32);1H. The monoisotopic (exact) mass is 511 g/mol. The Balaban J connectivity index is 0.00000361. The van der Waals surface area contributed by atoms with E-state index in [1.807, 2.05) is 30.3 Å². The molecule has 6 nitrogen and oxygen atoms in total. The zero-order valence-electron chi connectivity index (χ0n) is 20.8. The molecule has 0 saturated heterocycles. The van der Waals surface area contributed by atoms with Gasteiger partial charge in [-0.15, -0.1) is 12.4 Å². The van der Waals surface area contributed by atoms with Crippen molar-refractivity contribution in [3.05, 3.63) is 89.0 Å². The summed E-state index contributed by atoms with van der Waals surface area (Å²) in [5, 5.41) is 8.86. The quantitative estimate of drug-likeness (QED) is 0.373. The van der Waals surface area contributed by atoms with Gasteiger partial charge in [0.2, 0.25) is 0 Å². The van der Waals surface area contributed by atoms with Crippen molar-refractivity contribution < 1.29 is 24.1 Å². The van der Waals surface area contributed by atoms with Gasteiger partial charge in [-0.1, -0.05) is 42.5 Å². The lowest BCUT2D eigenvalue weighted by molar-refractivity contribution is -0.136. The zero-order chi connectivity index (χ0) is 24.6. The van der Waals surface area contributed by atoms with Crippen LogP contribution in [0.5, 0.6) is 17.2 Å². The molecule has 0 radical (unpaired) electrons. The molecule has 0 fully saturated rings. The second kappa shape index (κ2) is 13.2. The van der Waals surface area contributed by atoms with Crippen molar-refractivity contribution in [2.24, 2.45) is 0 Å². The van der Waals surface area contributed by atoms with Gasteiger partial charge in [0.25, 0.3) is 0 Å². The Kier molecular flexibility index (Phi) is 10.0. The van der Waals surface area contributed by atoms with Crippen LogP contribution in [-0.2, 0) is 24.1 Å². The summed E-state index contributed by atoms with van der Waals surface area (Å²) in [7, 11) is 3.36. The minimum Gasteiger partial charge on any atom is -0.493 e. The number of fused-ring (bicyclic) bond motifs is 1. The number of methoxy groups -OCH3 is 2. The van der Waals surface area contributed by atoms with Crippen LogP contribution in [0.3, 0.4) is 0 Å². The number of ether oxygens (including phenoxy) is 3. The smallest absolute Gasteiger partial charge is 0.303 e. The van der Waals surface area contributed by atoms with Gasteiger partial charge in [0, 0.05) is 25.6 Å². The lowest BCUT2D eigenvalue weighted by Gasteiger charge is -2.38. The SMILES string of the molecule is COc1cc2c(cc1OC)C(Cc1ccccc1)N(CCOc1ccc(CCC(=O)O)cc1)CC2.Cl. The fourth-order valence-electron chi connectivity index (χ4n) is 4.71. The Morgan fingerprint density at radius 1 is 0.972 bits per heavy atom. The predicted molar refractivity (Wildman–Crippen MR) is 143 cm³/mol. The number of halogens is 1. The molecule has 7 heteroatoms. The maximum atomic E-state index is 10.8. The summed E-state index contributed by atoms with van der Waals surface area (Å²) in [5.41, 5.74) is 4.88. The van der Waals surface area contributed by atoms with Crippen molar-refractivity contribution >= 4 is 18.4 Å². The van der Waals surface area contributed by atoms with Crippen LogP contribution < -0.4 is 14.2 Å². The van der Waals surface area contributed by atoms with Crippen LogP contribution in [0, 0.1) is 0 Å². The maximum absolute atomic E-state index is 10.8. The second-order valence-electron chi connectivity index (χ2n) is 8.78. The fourth-order valence-corrected chi connectivity index (χ4v) is 4.71. The highest BCUT2D eigenvalue weighted by molar-refractivity contribution is 5.85. The number of aliphatic carboxylic acids is 1. The highest BCUT2D eigenvalue weighted by Gasteiger charge is 2.29. The first-order chi connectivity index (χ1) is 17.1. The highest BCUT2D eigenvalue weighted by Crippen LogP contribution is 2.39. The first kappa shape index (κ1) is 27.4. The first-order valence-electron chi connectivity index (χ1n) is 12.0. The number of benzene rings is 3. The highest BCUT2D eigenvalue weighted by atomic mass is 35.5. The molecule has 1 aliphatic heterocycles. The summed E-state index contributed by atoms with van der Waals surface area (Å²) in [6.07, 6.45) is 2.51. The molecular weight excluding hydrogens is 478 g/mol. The molecule has 1 unspecified atom stereocenters. The van der Waals surface area contributed by atoms with E-state index < -0.39 is 5.97 Å². The maximum Gasteiger partial charge on any atom is 0.303 e. The molecule has 192 valence electrons. The van der Waals surface area contributed by atoms with E-state index in [1.165, 1.54) is 16.7 Å². The molecule has 1 aliphatic rings. The molecule has 4 rings (SSSR count). The number of carboxylic acids is 1. The van der Waals surface area contributed by atoms with Gasteiger partial charge in [-0.05, 0) is 65.8 Å². The average Bonchev–Trinajstić information content (AvgIpc) is 2.89. The normalized spacial score (nSPS) is 14.9. The molecule has 0 aromatic heterocycles. The van der Waals surface area contributed by atoms with Gasteiger partial charge >= 0.3 is 5.97 Å². The van der Waals surface area contributed by atoms with Crippen LogP contribution in [0.25, 0.3) is 0 Å². The Morgan fingerprint density at radius 3 is 2.33 bits per heavy atom. The van der Waals surface area contributed by atoms with Crippen molar-refractivity contribution in [2.45, 2.75) is 31.7 Å². The molecule has 1 N–H and O–H groups in total. The summed E-state index contributed by atoms with van der Waals surface area (Å²) in [6.45, 7) is 2.31. The largest absolute Gasteiger partial charge is 0.493 e. The van der Waals surface area contributed by atoms with Crippen LogP contribution >= 0.6 is 12.4 Å². The van der Waals surface area contributed by atoms with Crippen LogP contribution in [0.1, 0.15) is 34.7 Å². The van der Waals surface area contributed by atoms with Gasteiger partial charge in [-0.25, -0.2) is 0 Å². The van der Waals surface area contributed by atoms with E-state index in [0.29, 0.717) is 13.0 Å². The number of hydrogen-bond acceptors (Lipinski definition) is 5. The van der Waals surface area contributed by atoms with E-state index >= 15 is 0 Å². The Morgan fingerprint density at radius 2 is 1.67 bits per heavy atom. The van der Waals surface area contributed by atoms with E-state index in [2.05, 4.69) is 41.3 Å². The third-order valence-electron chi connectivity index (χ3n) is 6.58. The number of carboxylic acid groups (broad SMARTS) is 1. The van der Waals surface area contributed by atoms with Gasteiger partial charge in [0.15, 0.2) is 11.5 Å². The molecule has 3 aromatic carbocycles. The fraction of sp³-hybridized carbons (Fsp3) is 0.345. The van der Waals surface area contributed by atoms with E-state index in [4.69, 9.17) is 19.3 Å². The zero-order valence-corrected chi connectivity index (χ0v) is 21.6. The number of carbonyl (C=O) groups is 1. The molecule has 0 spiro atoms. The third-order valence-corrected chi connectivity index (χ3v) is 6.58. The van der Waals surface area contributed by atoms with Gasteiger partial charge < -0.3 is 19.3 Å². The van der Waals surface area contributed by atoms with E-state index in [0.717, 1.165) is 48.7 Å². The summed E-state index contributed by atoms with van der Waals surface area (Å²) in [4.78, 5) is 13.3. The molecule has 0 aliphatic carbocycles. The van der Waals surface area contributed by atoms with Gasteiger partial charge in [-0.2, -0.15) is 0 Å². The number of hydrogen-bond donors (Lipinski definition) is 1. The molecule has 0 saturated carbocycles. The summed E-state index contributed by atoms with van der Waals surface area (Å²) in [5.74, 6) is 1.54. The van der Waals surface area contributed by atoms with E-state index in [1.54, 1.807) is 14.2 Å². The molecule has 1 heterocycles. The second-order valence-corrected chi connectivity index (χ2v) is 8.78. The summed E-state index contributed by atoms with van der Waals surface area (Å²) >= 11 is 0. The minimum absolute atomic E-state index is 0. The van der Waals surface area contributed by atoms with Gasteiger partial charge in [-0.3, -0.25) is 9.69 Å². The average molecular weight is 512 g/mol. The number of nitrogens with zero attached hydrogens (tertiary/aromatic N) is 1. The van der Waals surface area contributed by atoms with Crippen LogP contribution in [-0.4, -0.2) is 49.9 Å². The molecular formula is C29H34ClNO5. The van der Waals surface area contributed by atoms with Crippen LogP contribution in [0.2, 0.25) is 0 Å². The molecule has 36 heavy (non-hydrogen) atoms. The first-order valence-corrected chi connectivity index (χ1v) is 12.0. The topological polar surface area (TPSA) is 68.2 Å². The van der Waals surface area contributed by atoms with E-state index in [-0.39, 0.29) is 24.9 Å². The van der Waals surface area contributed by atoms with Crippen molar-refractivity contribution in [3.63, 3.8) is 0 Å². The van der Waals surface area contributed by atoms with Gasteiger partial charge in [0.1, 0.15) is 12.4 Å². The lowest BCUT2D eigenvalue weighted by atomic mass is 9.88. The minimum atomic E-state index is -0.783. The van der Waals surface area contributed by atoms with Gasteiger partial charge in [0.05, 0.1) is 14.2 Å². The molecule has 3 aromatic rings. The molecule has 0 bridgehead atoms. The molecule has 0 amide bonds. The summed E-state index contributed by atoms with van der Waals surface area (Å²) < 4.78 is 17.2. The Bertz CT molecular complexity index is 1120. The van der Waals surface area contributed by atoms with E-state index in [9.17, 15) is 4.79 Å². The van der Waals surface area contributed by atoms with Crippen LogP contribution in [0.4, 0.5) is 0 Å². The number of rotatable bonds is 11.